The number of piperidine rings is 2. The van der Waals surface area contributed by atoms with Crippen LogP contribution in [0.3, 0.4) is 0 Å². The van der Waals surface area contributed by atoms with Gasteiger partial charge in [-0.2, -0.15) is 0 Å². The molecule has 4 rings (SSSR count). The average molecular weight is 388 g/mol. The quantitative estimate of drug-likeness (QED) is 0.802. The Bertz CT molecular complexity index is 736. The van der Waals surface area contributed by atoms with Gasteiger partial charge in [0.15, 0.2) is 0 Å². The van der Waals surface area contributed by atoms with Crippen molar-refractivity contribution in [3.63, 3.8) is 0 Å². The number of rotatable bonds is 4. The van der Waals surface area contributed by atoms with Crippen LogP contribution in [0.15, 0.2) is 24.0 Å². The zero-order valence-electron chi connectivity index (χ0n) is 15.6. The molecule has 0 atom stereocenters. The van der Waals surface area contributed by atoms with Gasteiger partial charge in [0, 0.05) is 50.0 Å². The van der Waals surface area contributed by atoms with Gasteiger partial charge in [-0.25, -0.2) is 9.97 Å². The zero-order valence-corrected chi connectivity index (χ0v) is 16.4. The maximum atomic E-state index is 12.6. The molecular formula is C19H25N5O2S. The third kappa shape index (κ3) is 4.44. The second-order valence-corrected chi connectivity index (χ2v) is 8.07. The summed E-state index contributed by atoms with van der Waals surface area (Å²) in [6.07, 6.45) is 9.40. The fourth-order valence-electron chi connectivity index (χ4n) is 3.87. The van der Waals surface area contributed by atoms with Crippen LogP contribution in [0, 0.1) is 6.92 Å². The first-order valence-corrected chi connectivity index (χ1v) is 10.4. The van der Waals surface area contributed by atoms with E-state index in [1.54, 1.807) is 29.9 Å². The van der Waals surface area contributed by atoms with Crippen molar-refractivity contribution in [3.05, 3.63) is 35.4 Å². The van der Waals surface area contributed by atoms with Gasteiger partial charge in [-0.05, 0) is 32.6 Å². The van der Waals surface area contributed by atoms with Gasteiger partial charge in [-0.15, -0.1) is 0 Å². The van der Waals surface area contributed by atoms with Crippen LogP contribution < -0.4 is 4.74 Å². The Balaban J connectivity index is 1.24. The smallest absolute Gasteiger partial charge is 0.274 e. The highest BCUT2D eigenvalue weighted by Crippen LogP contribution is 2.25. The second-order valence-electron chi connectivity index (χ2n) is 7.22. The molecule has 0 spiro atoms. The number of carbonyl (C=O) groups is 1. The van der Waals surface area contributed by atoms with Crippen LogP contribution in [-0.4, -0.2) is 69.0 Å². The molecule has 0 unspecified atom stereocenters. The Hall–Kier alpha value is -2.06. The van der Waals surface area contributed by atoms with Gasteiger partial charge in [-0.3, -0.25) is 14.7 Å². The van der Waals surface area contributed by atoms with Gasteiger partial charge < -0.3 is 9.64 Å². The molecule has 2 aromatic rings. The summed E-state index contributed by atoms with van der Waals surface area (Å²) in [6.45, 7) is 5.55. The fourth-order valence-corrected chi connectivity index (χ4v) is 4.42. The number of thiazole rings is 1. The molecule has 2 aliphatic rings. The lowest BCUT2D eigenvalue weighted by Gasteiger charge is -2.41. The maximum Gasteiger partial charge on any atom is 0.274 e. The van der Waals surface area contributed by atoms with Crippen LogP contribution in [0.1, 0.15) is 41.9 Å². The Morgan fingerprint density at radius 1 is 1.07 bits per heavy atom. The first kappa shape index (κ1) is 18.3. The molecule has 0 bridgehead atoms. The first-order valence-electron chi connectivity index (χ1n) is 9.57. The van der Waals surface area contributed by atoms with Crippen molar-refractivity contribution in [1.82, 2.24) is 24.8 Å². The third-order valence-corrected chi connectivity index (χ3v) is 6.08. The number of aromatic nitrogens is 3. The number of hydrogen-bond acceptors (Lipinski definition) is 7. The van der Waals surface area contributed by atoms with Gasteiger partial charge in [0.2, 0.25) is 0 Å². The molecule has 0 aromatic carbocycles. The van der Waals surface area contributed by atoms with Crippen LogP contribution in [-0.2, 0) is 0 Å². The summed E-state index contributed by atoms with van der Waals surface area (Å²) in [5.41, 5.74) is 1.27. The number of likely N-dealkylation sites (tertiary alicyclic amines) is 2. The van der Waals surface area contributed by atoms with E-state index in [2.05, 4.69) is 19.9 Å². The highest BCUT2D eigenvalue weighted by atomic mass is 32.1. The fraction of sp³-hybridized carbons (Fsp3) is 0.579. The van der Waals surface area contributed by atoms with Crippen molar-refractivity contribution >= 4 is 17.2 Å². The highest BCUT2D eigenvalue weighted by molar-refractivity contribution is 7.11. The number of amides is 1. The first-order chi connectivity index (χ1) is 13.2. The molecule has 8 heteroatoms. The minimum Gasteiger partial charge on any atom is -0.467 e. The van der Waals surface area contributed by atoms with E-state index in [0.717, 1.165) is 62.7 Å². The normalized spacial score (nSPS) is 20.0. The SMILES string of the molecule is Cc1cnc(C(=O)N2CCC(N3CCC(Oc4nccs4)CC3)CC2)cn1. The molecule has 2 fully saturated rings. The van der Waals surface area contributed by atoms with Crippen LogP contribution >= 0.6 is 11.3 Å². The van der Waals surface area contributed by atoms with Crippen molar-refractivity contribution < 1.29 is 9.53 Å². The van der Waals surface area contributed by atoms with Crippen molar-refractivity contribution in [2.45, 2.75) is 44.8 Å². The maximum absolute atomic E-state index is 12.6. The minimum absolute atomic E-state index is 0.00324. The Labute approximate surface area is 163 Å². The monoisotopic (exact) mass is 387 g/mol. The second kappa shape index (κ2) is 8.31. The lowest BCUT2D eigenvalue weighted by atomic mass is 9.98. The summed E-state index contributed by atoms with van der Waals surface area (Å²) >= 11 is 1.55. The Morgan fingerprint density at radius 2 is 1.85 bits per heavy atom. The van der Waals surface area contributed by atoms with Crippen molar-refractivity contribution in [3.8, 4) is 5.19 Å². The Kier molecular flexibility index (Phi) is 5.63. The molecule has 27 heavy (non-hydrogen) atoms. The standard InChI is InChI=1S/C19H25N5O2S/c1-14-12-22-17(13-21-14)18(25)24-7-2-15(3-8-24)23-9-4-16(5-10-23)26-19-20-6-11-27-19/h6,11-13,15-16H,2-5,7-10H2,1H3. The molecular weight excluding hydrogens is 362 g/mol. The molecule has 0 saturated carbocycles. The largest absolute Gasteiger partial charge is 0.467 e. The lowest BCUT2D eigenvalue weighted by Crippen LogP contribution is -2.50. The Morgan fingerprint density at radius 3 is 2.48 bits per heavy atom. The van der Waals surface area contributed by atoms with Crippen LogP contribution in [0.25, 0.3) is 0 Å². The number of hydrogen-bond donors (Lipinski definition) is 0. The van der Waals surface area contributed by atoms with Crippen LogP contribution in [0.5, 0.6) is 5.19 Å². The summed E-state index contributed by atoms with van der Waals surface area (Å²) in [5.74, 6) is -0.00324. The predicted molar refractivity (Wildman–Crippen MR) is 103 cm³/mol. The van der Waals surface area contributed by atoms with Crippen molar-refractivity contribution in [1.29, 1.82) is 0 Å². The summed E-state index contributed by atoms with van der Waals surface area (Å²) in [4.78, 5) is 29.7. The molecule has 2 aromatic heterocycles. The van der Waals surface area contributed by atoms with Gasteiger partial charge in [0.25, 0.3) is 11.1 Å². The number of ether oxygens (including phenoxy) is 1. The zero-order chi connectivity index (χ0) is 18.6. The molecule has 0 aliphatic carbocycles. The van der Waals surface area contributed by atoms with E-state index in [1.807, 2.05) is 17.2 Å². The topological polar surface area (TPSA) is 71.5 Å². The number of carbonyl (C=O) groups excluding carboxylic acids is 1. The third-order valence-electron chi connectivity index (χ3n) is 5.42. The summed E-state index contributed by atoms with van der Waals surface area (Å²) in [6, 6.07) is 0.555. The van der Waals surface area contributed by atoms with E-state index in [4.69, 9.17) is 4.74 Å². The molecule has 2 aliphatic heterocycles. The average Bonchev–Trinajstić information content (AvgIpc) is 3.22. The molecule has 4 heterocycles. The van der Waals surface area contributed by atoms with E-state index >= 15 is 0 Å². The summed E-state index contributed by atoms with van der Waals surface area (Å²) < 4.78 is 5.95. The van der Waals surface area contributed by atoms with Gasteiger partial charge in [0.05, 0.1) is 11.9 Å². The van der Waals surface area contributed by atoms with E-state index < -0.39 is 0 Å². The van der Waals surface area contributed by atoms with Crippen LogP contribution in [0.2, 0.25) is 0 Å². The summed E-state index contributed by atoms with van der Waals surface area (Å²) in [7, 11) is 0. The van der Waals surface area contributed by atoms with E-state index in [0.29, 0.717) is 11.7 Å². The van der Waals surface area contributed by atoms with E-state index in [1.165, 1.54) is 0 Å². The molecule has 0 N–H and O–H groups in total. The van der Waals surface area contributed by atoms with E-state index in [-0.39, 0.29) is 12.0 Å². The van der Waals surface area contributed by atoms with Gasteiger partial charge in [-0.1, -0.05) is 11.3 Å². The number of nitrogens with zero attached hydrogens (tertiary/aromatic N) is 5. The summed E-state index contributed by atoms with van der Waals surface area (Å²) in [5, 5.41) is 2.72. The van der Waals surface area contributed by atoms with Gasteiger partial charge >= 0.3 is 0 Å². The predicted octanol–water partition coefficient (Wildman–Crippen LogP) is 2.39. The van der Waals surface area contributed by atoms with E-state index in [9.17, 15) is 4.79 Å². The highest BCUT2D eigenvalue weighted by Gasteiger charge is 2.31. The molecule has 144 valence electrons. The molecule has 2 saturated heterocycles. The van der Waals surface area contributed by atoms with Gasteiger partial charge in [0.1, 0.15) is 11.8 Å². The van der Waals surface area contributed by atoms with Crippen molar-refractivity contribution in [2.75, 3.05) is 26.2 Å². The molecule has 1 amide bonds. The minimum atomic E-state index is -0.00324. The lowest BCUT2D eigenvalue weighted by molar-refractivity contribution is 0.0422. The van der Waals surface area contributed by atoms with Crippen LogP contribution in [0.4, 0.5) is 0 Å². The molecule has 7 nitrogen and oxygen atoms in total. The molecule has 0 radical (unpaired) electrons. The van der Waals surface area contributed by atoms with Crippen molar-refractivity contribution in [2.24, 2.45) is 0 Å². The number of aryl methyl sites for hydroxylation is 1.